The third-order valence-electron chi connectivity index (χ3n) is 3.55. The summed E-state index contributed by atoms with van der Waals surface area (Å²) in [6.07, 6.45) is -3.99. The van der Waals surface area contributed by atoms with Gasteiger partial charge in [-0.1, -0.05) is 6.07 Å². The minimum Gasteiger partial charge on any atom is -0.311 e. The lowest BCUT2D eigenvalue weighted by atomic mass is 10.1. The average Bonchev–Trinajstić information content (AvgIpc) is 3.03. The number of anilines is 1. The second-order valence-electron chi connectivity index (χ2n) is 5.30. The second-order valence-corrected chi connectivity index (χ2v) is 6.07. The van der Waals surface area contributed by atoms with E-state index in [1.165, 1.54) is 0 Å². The van der Waals surface area contributed by atoms with Crippen molar-refractivity contribution in [2.24, 2.45) is 0 Å². The van der Waals surface area contributed by atoms with Crippen molar-refractivity contribution in [1.82, 2.24) is 9.36 Å². The predicted octanol–water partition coefficient (Wildman–Crippen LogP) is 4.63. The summed E-state index contributed by atoms with van der Waals surface area (Å²) < 4.78 is 70.8. The number of hydrogen-bond donors (Lipinski definition) is 1. The minimum atomic E-state index is -4.87. The van der Waals surface area contributed by atoms with E-state index in [1.807, 2.05) is 0 Å². The Balaban J connectivity index is 2.01. The molecule has 2 heterocycles. The zero-order chi connectivity index (χ0) is 20.5. The molecule has 0 unspecified atom stereocenters. The van der Waals surface area contributed by atoms with Crippen LogP contribution in [0.3, 0.4) is 0 Å². The number of benzene rings is 1. The highest BCUT2D eigenvalue weighted by Crippen LogP contribution is 2.35. The van der Waals surface area contributed by atoms with E-state index in [1.54, 1.807) is 6.07 Å². The van der Waals surface area contributed by atoms with Crippen LogP contribution in [0.15, 0.2) is 36.5 Å². The smallest absolute Gasteiger partial charge is 0.311 e. The fourth-order valence-electron chi connectivity index (χ4n) is 2.36. The fraction of sp³-hybridized carbons (Fsp3) is 0.0588. The maximum atomic E-state index is 14.0. The van der Waals surface area contributed by atoms with Gasteiger partial charge in [-0.05, 0) is 35.8 Å². The molecule has 0 fully saturated rings. The van der Waals surface area contributed by atoms with Crippen molar-refractivity contribution in [3.63, 3.8) is 0 Å². The molecule has 2 aromatic heterocycles. The Morgan fingerprint density at radius 2 is 1.82 bits per heavy atom. The molecule has 1 amide bonds. The van der Waals surface area contributed by atoms with Crippen LogP contribution in [0.5, 0.6) is 0 Å². The fourth-order valence-corrected chi connectivity index (χ4v) is 3.10. The van der Waals surface area contributed by atoms with Gasteiger partial charge in [0.2, 0.25) is 0 Å². The monoisotopic (exact) mass is 410 g/mol. The molecule has 11 heteroatoms. The molecule has 142 valence electrons. The maximum absolute atomic E-state index is 14.0. The van der Waals surface area contributed by atoms with Crippen LogP contribution in [0.2, 0.25) is 0 Å². The Hall–Kier alpha value is -3.39. The molecular formula is C17H7F5N4OS. The number of hydrogen-bond acceptors (Lipinski definition) is 5. The molecule has 0 aliphatic heterocycles. The summed E-state index contributed by atoms with van der Waals surface area (Å²) in [7, 11) is 0. The summed E-state index contributed by atoms with van der Waals surface area (Å²) in [6, 6.07) is 6.76. The van der Waals surface area contributed by atoms with E-state index >= 15 is 0 Å². The van der Waals surface area contributed by atoms with Gasteiger partial charge in [-0.25, -0.2) is 8.78 Å². The zero-order valence-electron chi connectivity index (χ0n) is 13.5. The number of nitrogens with one attached hydrogen (secondary N) is 1. The molecule has 0 atom stereocenters. The third-order valence-corrected chi connectivity index (χ3v) is 4.31. The number of aromatic nitrogens is 2. The molecule has 1 N–H and O–H groups in total. The first kappa shape index (κ1) is 19.4. The molecule has 28 heavy (non-hydrogen) atoms. The predicted molar refractivity (Wildman–Crippen MR) is 89.4 cm³/mol. The van der Waals surface area contributed by atoms with Crippen LogP contribution in [0.25, 0.3) is 11.3 Å². The van der Waals surface area contributed by atoms with E-state index in [0.717, 1.165) is 36.5 Å². The number of carbonyl (C=O) groups is 1. The highest BCUT2D eigenvalue weighted by atomic mass is 32.1. The van der Waals surface area contributed by atoms with Crippen LogP contribution >= 0.6 is 11.5 Å². The number of amides is 1. The standard InChI is InChI=1S/C17H7F5N4OS/c18-10-4-1-5-11(19)12(10)13-9(7-23)16(28-26-13)25-15(27)8-3-2-6-24-14(8)17(20,21)22/h1-6H,(H,25,27). The summed E-state index contributed by atoms with van der Waals surface area (Å²) in [5.41, 5.74) is -3.49. The van der Waals surface area contributed by atoms with E-state index in [-0.39, 0.29) is 16.3 Å². The molecule has 0 saturated heterocycles. The van der Waals surface area contributed by atoms with E-state index in [9.17, 15) is 32.0 Å². The summed E-state index contributed by atoms with van der Waals surface area (Å²) in [4.78, 5) is 15.5. The first-order valence-electron chi connectivity index (χ1n) is 7.41. The van der Waals surface area contributed by atoms with Crippen molar-refractivity contribution in [1.29, 1.82) is 5.26 Å². The number of nitrogens with zero attached hydrogens (tertiary/aromatic N) is 3. The summed E-state index contributed by atoms with van der Waals surface area (Å²) in [6.45, 7) is 0. The van der Waals surface area contributed by atoms with Gasteiger partial charge in [0.05, 0.1) is 11.1 Å². The number of rotatable bonds is 3. The lowest BCUT2D eigenvalue weighted by Gasteiger charge is -2.10. The number of nitriles is 1. The highest BCUT2D eigenvalue weighted by molar-refractivity contribution is 7.11. The van der Waals surface area contributed by atoms with E-state index in [2.05, 4.69) is 14.7 Å². The van der Waals surface area contributed by atoms with Gasteiger partial charge in [0.1, 0.15) is 34.0 Å². The Morgan fingerprint density at radius 3 is 2.43 bits per heavy atom. The van der Waals surface area contributed by atoms with E-state index in [0.29, 0.717) is 11.5 Å². The number of carbonyl (C=O) groups excluding carboxylic acids is 1. The van der Waals surface area contributed by atoms with E-state index < -0.39 is 40.5 Å². The SMILES string of the molecule is N#Cc1c(-c2c(F)cccc2F)nsc1NC(=O)c1cccnc1C(F)(F)F. The summed E-state index contributed by atoms with van der Waals surface area (Å²) in [5, 5.41) is 11.2. The molecule has 1 aromatic carbocycles. The van der Waals surface area contributed by atoms with Crippen LogP contribution in [-0.4, -0.2) is 15.3 Å². The molecule has 0 bridgehead atoms. The van der Waals surface area contributed by atoms with Gasteiger partial charge in [0.15, 0.2) is 5.69 Å². The number of pyridine rings is 1. The average molecular weight is 410 g/mol. The van der Waals surface area contributed by atoms with E-state index in [4.69, 9.17) is 0 Å². The molecule has 3 aromatic rings. The van der Waals surface area contributed by atoms with Crippen molar-refractivity contribution in [3.8, 4) is 17.3 Å². The minimum absolute atomic E-state index is 0.248. The lowest BCUT2D eigenvalue weighted by molar-refractivity contribution is -0.141. The Labute approximate surface area is 158 Å². The first-order valence-corrected chi connectivity index (χ1v) is 8.19. The van der Waals surface area contributed by atoms with Crippen molar-refractivity contribution in [2.75, 3.05) is 5.32 Å². The Morgan fingerprint density at radius 1 is 1.14 bits per heavy atom. The van der Waals surface area contributed by atoms with Crippen LogP contribution in [0.1, 0.15) is 21.6 Å². The normalized spacial score (nSPS) is 11.1. The lowest BCUT2D eigenvalue weighted by Crippen LogP contribution is -2.20. The maximum Gasteiger partial charge on any atom is 0.434 e. The van der Waals surface area contributed by atoms with Crippen molar-refractivity contribution >= 4 is 22.4 Å². The van der Waals surface area contributed by atoms with Gasteiger partial charge >= 0.3 is 6.18 Å². The van der Waals surface area contributed by atoms with Gasteiger partial charge in [0.25, 0.3) is 5.91 Å². The van der Waals surface area contributed by atoms with Crippen molar-refractivity contribution in [2.45, 2.75) is 6.18 Å². The highest BCUT2D eigenvalue weighted by Gasteiger charge is 2.37. The molecule has 0 saturated carbocycles. The number of alkyl halides is 3. The second kappa shape index (κ2) is 7.32. The third kappa shape index (κ3) is 3.54. The molecule has 0 spiro atoms. The van der Waals surface area contributed by atoms with Crippen LogP contribution < -0.4 is 5.32 Å². The zero-order valence-corrected chi connectivity index (χ0v) is 14.3. The summed E-state index contributed by atoms with van der Waals surface area (Å²) in [5.74, 6) is -3.15. The van der Waals surface area contributed by atoms with Crippen LogP contribution in [0.4, 0.5) is 27.0 Å². The van der Waals surface area contributed by atoms with Crippen LogP contribution in [0, 0.1) is 23.0 Å². The molecule has 3 rings (SSSR count). The van der Waals surface area contributed by atoms with Gasteiger partial charge in [-0.2, -0.15) is 22.8 Å². The Kier molecular flexibility index (Phi) is 5.06. The summed E-state index contributed by atoms with van der Waals surface area (Å²) >= 11 is 0.510. The topological polar surface area (TPSA) is 78.7 Å². The van der Waals surface area contributed by atoms with Crippen LogP contribution in [-0.2, 0) is 6.18 Å². The molecule has 5 nitrogen and oxygen atoms in total. The largest absolute Gasteiger partial charge is 0.434 e. The van der Waals surface area contributed by atoms with Crippen molar-refractivity contribution in [3.05, 3.63) is 65.0 Å². The van der Waals surface area contributed by atoms with Gasteiger partial charge in [-0.15, -0.1) is 0 Å². The Bertz CT molecular complexity index is 1080. The molecule has 0 aliphatic rings. The number of halogens is 5. The van der Waals surface area contributed by atoms with Gasteiger partial charge in [0, 0.05) is 6.20 Å². The molecule has 0 aliphatic carbocycles. The van der Waals surface area contributed by atoms with Gasteiger partial charge in [-0.3, -0.25) is 9.78 Å². The van der Waals surface area contributed by atoms with Gasteiger partial charge < -0.3 is 5.32 Å². The van der Waals surface area contributed by atoms with Crippen molar-refractivity contribution < 1.29 is 26.7 Å². The quantitative estimate of drug-likeness (QED) is 0.639. The molecule has 0 radical (unpaired) electrons. The first-order chi connectivity index (χ1) is 13.2. The molecular weight excluding hydrogens is 403 g/mol.